The smallest absolute Gasteiger partial charge is 0.277 e. The van der Waals surface area contributed by atoms with E-state index in [1.807, 2.05) is 56.3 Å². The summed E-state index contributed by atoms with van der Waals surface area (Å²) in [6.45, 7) is 5.65. The second-order valence-corrected chi connectivity index (χ2v) is 7.54. The van der Waals surface area contributed by atoms with Gasteiger partial charge in [-0.15, -0.1) is 0 Å². The minimum Gasteiger partial charge on any atom is -0.484 e. The lowest BCUT2D eigenvalue weighted by Gasteiger charge is -2.24. The van der Waals surface area contributed by atoms with Crippen molar-refractivity contribution in [2.45, 2.75) is 40.0 Å². The molecule has 2 aromatic carbocycles. The minimum absolute atomic E-state index is 0.0693. The Morgan fingerprint density at radius 1 is 1.10 bits per heavy atom. The molecule has 0 spiro atoms. The summed E-state index contributed by atoms with van der Waals surface area (Å²) in [5.41, 5.74) is 6.88. The molecule has 0 heterocycles. The number of amides is 2. The summed E-state index contributed by atoms with van der Waals surface area (Å²) in [5.74, 6) is 0.524. The number of hydrogen-bond acceptors (Lipinski definition) is 4. The van der Waals surface area contributed by atoms with Gasteiger partial charge in [-0.1, -0.05) is 24.6 Å². The van der Waals surface area contributed by atoms with Crippen LogP contribution in [0.5, 0.6) is 5.75 Å². The fraction of sp³-hybridized carbons (Fsp3) is 0.348. The number of carbonyl (C=O) groups is 2. The van der Waals surface area contributed by atoms with Crippen LogP contribution in [0.2, 0.25) is 0 Å². The van der Waals surface area contributed by atoms with Crippen molar-refractivity contribution in [1.29, 1.82) is 0 Å². The summed E-state index contributed by atoms with van der Waals surface area (Å²) in [6, 6.07) is 13.3. The third-order valence-electron chi connectivity index (χ3n) is 4.94. The fourth-order valence-electron chi connectivity index (χ4n) is 3.14. The van der Waals surface area contributed by atoms with Gasteiger partial charge in [0.2, 0.25) is 5.91 Å². The van der Waals surface area contributed by atoms with Gasteiger partial charge in [-0.25, -0.2) is 5.43 Å². The van der Waals surface area contributed by atoms with Crippen LogP contribution in [0.25, 0.3) is 0 Å². The van der Waals surface area contributed by atoms with Crippen LogP contribution >= 0.6 is 0 Å². The van der Waals surface area contributed by atoms with Crippen molar-refractivity contribution in [3.63, 3.8) is 0 Å². The second kappa shape index (κ2) is 9.37. The molecule has 1 aliphatic rings. The molecule has 3 rings (SSSR count). The number of hydrazone groups is 1. The third-order valence-corrected chi connectivity index (χ3v) is 4.94. The zero-order valence-electron chi connectivity index (χ0n) is 17.1. The van der Waals surface area contributed by atoms with Crippen molar-refractivity contribution < 1.29 is 14.3 Å². The molecular weight excluding hydrogens is 366 g/mol. The summed E-state index contributed by atoms with van der Waals surface area (Å²) >= 11 is 0. The largest absolute Gasteiger partial charge is 0.484 e. The Labute approximate surface area is 171 Å². The van der Waals surface area contributed by atoms with Crippen LogP contribution in [0, 0.1) is 19.8 Å². The Morgan fingerprint density at radius 3 is 2.48 bits per heavy atom. The average molecular weight is 393 g/mol. The Hall–Kier alpha value is -3.15. The Bertz CT molecular complexity index is 912. The molecule has 6 heteroatoms. The predicted molar refractivity (Wildman–Crippen MR) is 114 cm³/mol. The number of hydrogen-bond donors (Lipinski definition) is 2. The van der Waals surface area contributed by atoms with E-state index in [1.165, 1.54) is 0 Å². The molecule has 152 valence electrons. The zero-order chi connectivity index (χ0) is 20.8. The lowest BCUT2D eigenvalue weighted by molar-refractivity contribution is -0.123. The average Bonchev–Trinajstić information content (AvgIpc) is 2.62. The molecule has 1 aliphatic carbocycles. The number of rotatable bonds is 7. The summed E-state index contributed by atoms with van der Waals surface area (Å²) in [6.07, 6.45) is 3.04. The molecule has 2 amide bonds. The minimum atomic E-state index is -0.335. The summed E-state index contributed by atoms with van der Waals surface area (Å²) in [5, 5.41) is 7.10. The molecular formula is C23H27N3O3. The molecule has 0 atom stereocenters. The van der Waals surface area contributed by atoms with Crippen LogP contribution in [0.3, 0.4) is 0 Å². The molecule has 1 fully saturated rings. The maximum absolute atomic E-state index is 12.1. The summed E-state index contributed by atoms with van der Waals surface area (Å²) < 4.78 is 5.54. The van der Waals surface area contributed by atoms with Crippen molar-refractivity contribution in [3.05, 3.63) is 59.2 Å². The lowest BCUT2D eigenvalue weighted by Crippen LogP contribution is -2.28. The molecule has 0 radical (unpaired) electrons. The van der Waals surface area contributed by atoms with Crippen LogP contribution in [0.15, 0.2) is 47.6 Å². The van der Waals surface area contributed by atoms with E-state index in [2.05, 4.69) is 15.8 Å². The van der Waals surface area contributed by atoms with E-state index in [0.29, 0.717) is 11.5 Å². The standard InChI is InChI=1S/C23H27N3O3/c1-15-10-16(2)12-21(11-15)29-14-22(27)26-25-17(3)19-8-5-9-20(13-19)24-23(28)18-6-4-7-18/h5,8-13,18H,4,6-7,14H2,1-3H3,(H,24,28)(H,26,27)/b25-17-. The number of aryl methyl sites for hydroxylation is 2. The van der Waals surface area contributed by atoms with Crippen LogP contribution in [0.1, 0.15) is 42.9 Å². The first-order valence-corrected chi connectivity index (χ1v) is 9.86. The van der Waals surface area contributed by atoms with Gasteiger partial charge in [-0.3, -0.25) is 9.59 Å². The quantitative estimate of drug-likeness (QED) is 0.552. The highest BCUT2D eigenvalue weighted by Crippen LogP contribution is 2.27. The van der Waals surface area contributed by atoms with Gasteiger partial charge in [0.1, 0.15) is 5.75 Å². The van der Waals surface area contributed by atoms with Crippen LogP contribution in [-0.2, 0) is 9.59 Å². The molecule has 2 N–H and O–H groups in total. The highest BCUT2D eigenvalue weighted by molar-refractivity contribution is 6.01. The van der Waals surface area contributed by atoms with Crippen molar-refractivity contribution in [3.8, 4) is 5.75 Å². The molecule has 6 nitrogen and oxygen atoms in total. The first-order valence-electron chi connectivity index (χ1n) is 9.86. The molecule has 2 aromatic rings. The number of benzene rings is 2. The maximum atomic E-state index is 12.1. The van der Waals surface area contributed by atoms with E-state index in [-0.39, 0.29) is 24.3 Å². The number of nitrogens with one attached hydrogen (secondary N) is 2. The van der Waals surface area contributed by atoms with E-state index >= 15 is 0 Å². The van der Waals surface area contributed by atoms with Gasteiger partial charge < -0.3 is 10.1 Å². The zero-order valence-corrected chi connectivity index (χ0v) is 17.1. The van der Waals surface area contributed by atoms with Crippen molar-refractivity contribution in [2.24, 2.45) is 11.0 Å². The van der Waals surface area contributed by atoms with E-state index in [0.717, 1.165) is 41.6 Å². The Kier molecular flexibility index (Phi) is 6.65. The first kappa shape index (κ1) is 20.6. The van der Waals surface area contributed by atoms with Crippen LogP contribution in [0.4, 0.5) is 5.69 Å². The van der Waals surface area contributed by atoms with Gasteiger partial charge in [-0.2, -0.15) is 5.10 Å². The molecule has 0 bridgehead atoms. The molecule has 1 saturated carbocycles. The number of nitrogens with zero attached hydrogens (tertiary/aromatic N) is 1. The van der Waals surface area contributed by atoms with Crippen LogP contribution < -0.4 is 15.5 Å². The molecule has 29 heavy (non-hydrogen) atoms. The van der Waals surface area contributed by atoms with E-state index in [1.54, 1.807) is 6.92 Å². The van der Waals surface area contributed by atoms with Crippen molar-refractivity contribution in [2.75, 3.05) is 11.9 Å². The predicted octanol–water partition coefficient (Wildman–Crippen LogP) is 3.96. The maximum Gasteiger partial charge on any atom is 0.277 e. The number of carbonyl (C=O) groups excluding carboxylic acids is 2. The molecule has 0 aliphatic heterocycles. The first-order chi connectivity index (χ1) is 13.9. The van der Waals surface area contributed by atoms with Crippen molar-refractivity contribution in [1.82, 2.24) is 5.43 Å². The Morgan fingerprint density at radius 2 is 1.83 bits per heavy atom. The molecule has 0 unspecified atom stereocenters. The summed E-state index contributed by atoms with van der Waals surface area (Å²) in [4.78, 5) is 24.2. The topological polar surface area (TPSA) is 79.8 Å². The Balaban J connectivity index is 1.53. The number of ether oxygens (including phenoxy) is 1. The highest BCUT2D eigenvalue weighted by atomic mass is 16.5. The van der Waals surface area contributed by atoms with Gasteiger partial charge in [-0.05, 0) is 74.6 Å². The van der Waals surface area contributed by atoms with Gasteiger partial charge in [0.25, 0.3) is 5.91 Å². The second-order valence-electron chi connectivity index (χ2n) is 7.54. The van der Waals surface area contributed by atoms with Crippen LogP contribution in [-0.4, -0.2) is 24.1 Å². The van der Waals surface area contributed by atoms with Gasteiger partial charge in [0.05, 0.1) is 5.71 Å². The van der Waals surface area contributed by atoms with E-state index in [4.69, 9.17) is 4.74 Å². The van der Waals surface area contributed by atoms with E-state index in [9.17, 15) is 9.59 Å². The molecule has 0 aromatic heterocycles. The summed E-state index contributed by atoms with van der Waals surface area (Å²) in [7, 11) is 0. The normalized spacial score (nSPS) is 14.1. The van der Waals surface area contributed by atoms with Crippen molar-refractivity contribution >= 4 is 23.2 Å². The number of anilines is 1. The van der Waals surface area contributed by atoms with Gasteiger partial charge in [0.15, 0.2) is 6.61 Å². The SMILES string of the molecule is C/C(=N/NC(=O)COc1cc(C)cc(C)c1)c1cccc(NC(=O)C2CCC2)c1. The fourth-order valence-corrected chi connectivity index (χ4v) is 3.14. The third kappa shape index (κ3) is 5.91. The monoisotopic (exact) mass is 393 g/mol. The lowest BCUT2D eigenvalue weighted by atomic mass is 9.85. The van der Waals surface area contributed by atoms with Gasteiger partial charge in [0, 0.05) is 11.6 Å². The highest BCUT2D eigenvalue weighted by Gasteiger charge is 2.25. The van der Waals surface area contributed by atoms with Gasteiger partial charge >= 0.3 is 0 Å². The molecule has 0 saturated heterocycles. The van der Waals surface area contributed by atoms with E-state index < -0.39 is 0 Å².